The van der Waals surface area contributed by atoms with Crippen LogP contribution in [0.25, 0.3) is 0 Å². The maximum atomic E-state index is 11.3. The molecule has 6 nitrogen and oxygen atoms in total. The molecular formula is C9H8O6. The van der Waals surface area contributed by atoms with E-state index in [4.69, 9.17) is 0 Å². The number of ketones is 3. The van der Waals surface area contributed by atoms with E-state index in [-0.39, 0.29) is 13.3 Å². The Balaban J connectivity index is 2.37. The molecule has 15 heavy (non-hydrogen) atoms. The summed E-state index contributed by atoms with van der Waals surface area (Å²) < 4.78 is 8.77. The molecule has 0 unspecified atom stereocenters. The minimum absolute atomic E-state index is 0.165. The van der Waals surface area contributed by atoms with Crippen molar-refractivity contribution in [3.05, 3.63) is 12.2 Å². The van der Waals surface area contributed by atoms with Gasteiger partial charge in [0.2, 0.25) is 0 Å². The molecule has 0 bridgehead atoms. The van der Waals surface area contributed by atoms with Crippen molar-refractivity contribution in [2.24, 2.45) is 5.92 Å². The summed E-state index contributed by atoms with van der Waals surface area (Å²) in [5.41, 5.74) is 0. The zero-order chi connectivity index (χ0) is 11.3. The van der Waals surface area contributed by atoms with Crippen molar-refractivity contribution in [1.29, 1.82) is 0 Å². The van der Waals surface area contributed by atoms with Crippen LogP contribution >= 0.6 is 0 Å². The van der Waals surface area contributed by atoms with E-state index in [1.54, 1.807) is 0 Å². The van der Waals surface area contributed by atoms with Gasteiger partial charge in [0.15, 0.2) is 24.1 Å². The number of hydrogen-bond acceptors (Lipinski definition) is 6. The summed E-state index contributed by atoms with van der Waals surface area (Å²) in [5, 5.41) is 0. The Labute approximate surface area is 84.8 Å². The van der Waals surface area contributed by atoms with Gasteiger partial charge in [-0.15, -0.1) is 0 Å². The molecule has 0 saturated heterocycles. The Hall–Kier alpha value is -1.82. The quantitative estimate of drug-likeness (QED) is 0.243. The van der Waals surface area contributed by atoms with Crippen molar-refractivity contribution in [3.63, 3.8) is 0 Å². The first-order chi connectivity index (χ1) is 7.16. The van der Waals surface area contributed by atoms with Crippen LogP contribution in [0.2, 0.25) is 0 Å². The zero-order valence-electron chi connectivity index (χ0n) is 7.67. The van der Waals surface area contributed by atoms with Gasteiger partial charge in [0, 0.05) is 0 Å². The standard InChI is InChI=1S/C9H8O6/c10-4-15-5-14-3-8(13)9-6(11)1-2-7(9)12/h1-2,4,9H,3,5H2. The highest BCUT2D eigenvalue weighted by atomic mass is 16.7. The van der Waals surface area contributed by atoms with Gasteiger partial charge in [-0.25, -0.2) is 0 Å². The topological polar surface area (TPSA) is 86.7 Å². The first-order valence-electron chi connectivity index (χ1n) is 4.08. The molecule has 0 radical (unpaired) electrons. The van der Waals surface area contributed by atoms with Gasteiger partial charge in [-0.05, 0) is 12.2 Å². The molecule has 1 aliphatic rings. The van der Waals surface area contributed by atoms with Crippen LogP contribution in [0.1, 0.15) is 0 Å². The molecule has 0 saturated carbocycles. The van der Waals surface area contributed by atoms with Crippen LogP contribution in [0.15, 0.2) is 12.2 Å². The summed E-state index contributed by atoms with van der Waals surface area (Å²) in [6, 6.07) is 0. The lowest BCUT2D eigenvalue weighted by Gasteiger charge is -2.05. The Morgan fingerprint density at radius 2 is 1.93 bits per heavy atom. The van der Waals surface area contributed by atoms with Gasteiger partial charge in [-0.1, -0.05) is 0 Å². The van der Waals surface area contributed by atoms with Crippen molar-refractivity contribution in [1.82, 2.24) is 0 Å². The molecule has 0 amide bonds. The van der Waals surface area contributed by atoms with E-state index >= 15 is 0 Å². The fraction of sp³-hybridized carbons (Fsp3) is 0.333. The van der Waals surface area contributed by atoms with Crippen LogP contribution in [-0.2, 0) is 28.7 Å². The third kappa shape index (κ3) is 2.81. The van der Waals surface area contributed by atoms with Gasteiger partial charge < -0.3 is 9.47 Å². The van der Waals surface area contributed by atoms with Crippen LogP contribution in [-0.4, -0.2) is 37.2 Å². The molecule has 0 fully saturated rings. The Bertz CT molecular complexity index is 311. The normalized spacial score (nSPS) is 15.7. The fourth-order valence-electron chi connectivity index (χ4n) is 1.12. The largest absolute Gasteiger partial charge is 0.441 e. The number of allylic oxidation sites excluding steroid dienone is 2. The van der Waals surface area contributed by atoms with Crippen LogP contribution in [0.4, 0.5) is 0 Å². The lowest BCUT2D eigenvalue weighted by molar-refractivity contribution is -0.148. The van der Waals surface area contributed by atoms with E-state index in [2.05, 4.69) is 9.47 Å². The second-order valence-electron chi connectivity index (χ2n) is 2.77. The second kappa shape index (κ2) is 5.16. The highest BCUT2D eigenvalue weighted by Crippen LogP contribution is 2.11. The predicted octanol–water partition coefficient (Wildman–Crippen LogP) is -0.973. The molecule has 6 heteroatoms. The van der Waals surface area contributed by atoms with E-state index in [0.29, 0.717) is 0 Å². The molecule has 0 aromatic heterocycles. The smallest absolute Gasteiger partial charge is 0.295 e. The van der Waals surface area contributed by atoms with Gasteiger partial charge in [0.05, 0.1) is 0 Å². The van der Waals surface area contributed by atoms with E-state index in [0.717, 1.165) is 12.2 Å². The van der Waals surface area contributed by atoms with E-state index < -0.39 is 29.9 Å². The van der Waals surface area contributed by atoms with E-state index in [9.17, 15) is 19.2 Å². The summed E-state index contributed by atoms with van der Waals surface area (Å²) in [7, 11) is 0. The van der Waals surface area contributed by atoms with Crippen molar-refractivity contribution >= 4 is 23.8 Å². The fourth-order valence-corrected chi connectivity index (χ4v) is 1.12. The first kappa shape index (κ1) is 11.3. The van der Waals surface area contributed by atoms with Crippen LogP contribution < -0.4 is 0 Å². The van der Waals surface area contributed by atoms with Gasteiger partial charge in [-0.2, -0.15) is 0 Å². The molecule has 0 heterocycles. The summed E-state index contributed by atoms with van der Waals surface area (Å²) in [6.45, 7) is -0.645. The maximum absolute atomic E-state index is 11.3. The minimum atomic E-state index is -1.28. The van der Waals surface area contributed by atoms with E-state index in [1.165, 1.54) is 0 Å². The van der Waals surface area contributed by atoms with Crippen molar-refractivity contribution in [3.8, 4) is 0 Å². The average molecular weight is 212 g/mol. The minimum Gasteiger partial charge on any atom is -0.441 e. The Morgan fingerprint density at radius 3 is 2.47 bits per heavy atom. The van der Waals surface area contributed by atoms with Gasteiger partial charge >= 0.3 is 0 Å². The van der Waals surface area contributed by atoms with Crippen molar-refractivity contribution < 1.29 is 28.7 Å². The number of hydrogen-bond donors (Lipinski definition) is 0. The molecule has 0 N–H and O–H groups in total. The summed E-state index contributed by atoms with van der Waals surface area (Å²) in [4.78, 5) is 43.1. The van der Waals surface area contributed by atoms with Gasteiger partial charge in [0.1, 0.15) is 12.5 Å². The van der Waals surface area contributed by atoms with Gasteiger partial charge in [-0.3, -0.25) is 19.2 Å². The van der Waals surface area contributed by atoms with Crippen LogP contribution in [0.3, 0.4) is 0 Å². The SMILES string of the molecule is O=COCOCC(=O)C1C(=O)C=CC1=O. The third-order valence-electron chi connectivity index (χ3n) is 1.77. The number of ether oxygens (including phenoxy) is 2. The Kier molecular flexibility index (Phi) is 3.87. The first-order valence-corrected chi connectivity index (χ1v) is 4.08. The maximum Gasteiger partial charge on any atom is 0.295 e. The molecule has 0 aromatic rings. The molecule has 1 rings (SSSR count). The highest BCUT2D eigenvalue weighted by molar-refractivity contribution is 6.30. The van der Waals surface area contributed by atoms with Crippen molar-refractivity contribution in [2.45, 2.75) is 0 Å². The molecule has 1 aliphatic carbocycles. The summed E-state index contributed by atoms with van der Waals surface area (Å²) in [5.74, 6) is -2.99. The van der Waals surface area contributed by atoms with Gasteiger partial charge in [0.25, 0.3) is 6.47 Å². The predicted molar refractivity (Wildman–Crippen MR) is 45.6 cm³/mol. The lowest BCUT2D eigenvalue weighted by Crippen LogP contribution is -2.29. The molecule has 0 aliphatic heterocycles. The number of Topliss-reactive ketones (excluding diaryl/α,β-unsaturated/α-hetero) is 1. The second-order valence-corrected chi connectivity index (χ2v) is 2.77. The highest BCUT2D eigenvalue weighted by Gasteiger charge is 2.34. The number of carbonyl (C=O) groups excluding carboxylic acids is 4. The molecule has 0 spiro atoms. The number of carbonyl (C=O) groups is 4. The molecular weight excluding hydrogens is 204 g/mol. The van der Waals surface area contributed by atoms with Crippen molar-refractivity contribution in [2.75, 3.05) is 13.4 Å². The summed E-state index contributed by atoms with van der Waals surface area (Å²) >= 11 is 0. The molecule has 80 valence electrons. The molecule has 0 atom stereocenters. The zero-order valence-corrected chi connectivity index (χ0v) is 7.67. The monoisotopic (exact) mass is 212 g/mol. The summed E-state index contributed by atoms with van der Waals surface area (Å²) in [6.07, 6.45) is 2.12. The Morgan fingerprint density at radius 1 is 1.33 bits per heavy atom. The van der Waals surface area contributed by atoms with E-state index in [1.807, 2.05) is 0 Å². The average Bonchev–Trinajstić information content (AvgIpc) is 2.53. The third-order valence-corrected chi connectivity index (χ3v) is 1.77. The lowest BCUT2D eigenvalue weighted by atomic mass is 10.0. The number of rotatable bonds is 6. The van der Waals surface area contributed by atoms with Crippen LogP contribution in [0.5, 0.6) is 0 Å². The van der Waals surface area contributed by atoms with Crippen LogP contribution in [0, 0.1) is 5.92 Å². The molecule has 0 aromatic carbocycles.